The van der Waals surface area contributed by atoms with Crippen molar-refractivity contribution in [1.29, 1.82) is 0 Å². The number of halogens is 2. The lowest BCUT2D eigenvalue weighted by atomic mass is 9.98. The highest BCUT2D eigenvalue weighted by atomic mass is 35.5. The third-order valence-corrected chi connectivity index (χ3v) is 5.11. The molecule has 0 aliphatic carbocycles. The summed E-state index contributed by atoms with van der Waals surface area (Å²) in [5, 5.41) is 0.929. The highest BCUT2D eigenvalue weighted by molar-refractivity contribution is 7.15. The number of benzene rings is 1. The van der Waals surface area contributed by atoms with Gasteiger partial charge in [-0.15, -0.1) is 11.3 Å². The van der Waals surface area contributed by atoms with E-state index < -0.39 is 0 Å². The summed E-state index contributed by atoms with van der Waals surface area (Å²) in [5.74, 6) is 0.111. The van der Waals surface area contributed by atoms with Gasteiger partial charge in [-0.25, -0.2) is 14.4 Å². The van der Waals surface area contributed by atoms with Gasteiger partial charge in [0.1, 0.15) is 16.3 Å². The minimum absolute atomic E-state index is 0.0610. The molecule has 0 saturated carbocycles. The van der Waals surface area contributed by atoms with Crippen molar-refractivity contribution in [3.8, 4) is 10.6 Å². The Balaban J connectivity index is 2.35. The zero-order valence-electron chi connectivity index (χ0n) is 13.8. The number of nitrogens with zero attached hydrogens (tertiary/aromatic N) is 2. The van der Waals surface area contributed by atoms with E-state index in [9.17, 15) is 0 Å². The van der Waals surface area contributed by atoms with Crippen molar-refractivity contribution in [2.75, 3.05) is 0 Å². The van der Waals surface area contributed by atoms with Gasteiger partial charge < -0.3 is 4.98 Å². The average Bonchev–Trinajstić information content (AvgIpc) is 3.00. The van der Waals surface area contributed by atoms with Crippen LogP contribution in [0.25, 0.3) is 21.6 Å². The SMILES string of the molecule is Cc1sc(-c2c(F)c(C(C)C)cc3[nH]c(Cl)nc23)nc1C(C)C. The number of rotatable bonds is 3. The van der Waals surface area contributed by atoms with Gasteiger partial charge in [-0.1, -0.05) is 27.7 Å². The van der Waals surface area contributed by atoms with Crippen molar-refractivity contribution in [2.24, 2.45) is 0 Å². The highest BCUT2D eigenvalue weighted by Crippen LogP contribution is 2.39. The first-order valence-corrected chi connectivity index (χ1v) is 8.84. The largest absolute Gasteiger partial charge is 0.329 e. The van der Waals surface area contributed by atoms with Gasteiger partial charge in [-0.05, 0) is 42.0 Å². The Morgan fingerprint density at radius 3 is 2.43 bits per heavy atom. The molecule has 0 aliphatic heterocycles. The lowest BCUT2D eigenvalue weighted by Gasteiger charge is -2.10. The van der Waals surface area contributed by atoms with E-state index in [1.807, 2.05) is 20.8 Å². The Hall–Kier alpha value is -1.46. The van der Waals surface area contributed by atoms with Gasteiger partial charge in [-0.2, -0.15) is 0 Å². The molecule has 122 valence electrons. The van der Waals surface area contributed by atoms with Gasteiger partial charge in [-0.3, -0.25) is 0 Å². The van der Waals surface area contributed by atoms with Crippen LogP contribution in [0.5, 0.6) is 0 Å². The first kappa shape index (κ1) is 16.4. The van der Waals surface area contributed by atoms with Gasteiger partial charge in [0.25, 0.3) is 0 Å². The van der Waals surface area contributed by atoms with Crippen LogP contribution in [-0.2, 0) is 0 Å². The summed E-state index contributed by atoms with van der Waals surface area (Å²) >= 11 is 7.51. The van der Waals surface area contributed by atoms with Crippen molar-refractivity contribution in [3.63, 3.8) is 0 Å². The van der Waals surface area contributed by atoms with E-state index in [-0.39, 0.29) is 17.0 Å². The van der Waals surface area contributed by atoms with E-state index >= 15 is 4.39 Å². The van der Waals surface area contributed by atoms with E-state index in [0.717, 1.165) is 16.1 Å². The zero-order chi connectivity index (χ0) is 16.9. The number of hydrogen-bond donors (Lipinski definition) is 1. The smallest absolute Gasteiger partial charge is 0.201 e. The quantitative estimate of drug-likeness (QED) is 0.625. The number of thiazole rings is 1. The number of hydrogen-bond acceptors (Lipinski definition) is 3. The van der Waals surface area contributed by atoms with Crippen LogP contribution in [0, 0.1) is 12.7 Å². The molecule has 0 atom stereocenters. The Kier molecular flexibility index (Phi) is 4.19. The average molecular weight is 352 g/mol. The molecule has 3 aromatic rings. The second-order valence-electron chi connectivity index (χ2n) is 6.35. The molecule has 0 spiro atoms. The van der Waals surface area contributed by atoms with Crippen LogP contribution in [0.1, 0.15) is 55.7 Å². The Labute approximate surface area is 143 Å². The predicted octanol–water partition coefficient (Wildman–Crippen LogP) is 6.03. The molecule has 2 heterocycles. The lowest BCUT2D eigenvalue weighted by molar-refractivity contribution is 0.603. The number of aryl methyl sites for hydroxylation is 1. The molecule has 0 amide bonds. The maximum atomic E-state index is 15.2. The zero-order valence-corrected chi connectivity index (χ0v) is 15.4. The normalized spacial score (nSPS) is 12.0. The molecule has 6 heteroatoms. The number of nitrogens with one attached hydrogen (secondary N) is 1. The first-order valence-electron chi connectivity index (χ1n) is 7.64. The number of imidazole rings is 1. The molecule has 0 fully saturated rings. The standard InChI is InChI=1S/C17H19ClFN3S/c1-7(2)10-6-11-15(22-17(18)20-11)12(13(10)19)16-21-14(8(3)4)9(5)23-16/h6-8H,1-5H3,(H,20,22). The molecule has 1 N–H and O–H groups in total. The third kappa shape index (κ3) is 2.76. The minimum atomic E-state index is -0.250. The fourth-order valence-electron chi connectivity index (χ4n) is 2.78. The van der Waals surface area contributed by atoms with E-state index in [1.54, 1.807) is 6.07 Å². The minimum Gasteiger partial charge on any atom is -0.329 e. The molecular formula is C17H19ClFN3S. The number of H-pyrrole nitrogens is 1. The molecule has 0 saturated heterocycles. The van der Waals surface area contributed by atoms with Crippen molar-refractivity contribution < 1.29 is 4.39 Å². The van der Waals surface area contributed by atoms with Crippen LogP contribution in [0.15, 0.2) is 6.07 Å². The topological polar surface area (TPSA) is 41.6 Å². The number of aromatic amines is 1. The predicted molar refractivity (Wildman–Crippen MR) is 95.1 cm³/mol. The molecule has 0 aliphatic rings. The fourth-order valence-corrected chi connectivity index (χ4v) is 4.08. The second kappa shape index (κ2) is 5.87. The van der Waals surface area contributed by atoms with Crippen LogP contribution in [0.4, 0.5) is 4.39 Å². The Morgan fingerprint density at radius 2 is 1.87 bits per heavy atom. The summed E-state index contributed by atoms with van der Waals surface area (Å²) in [6.45, 7) is 10.1. The summed E-state index contributed by atoms with van der Waals surface area (Å²) in [6.07, 6.45) is 0. The van der Waals surface area contributed by atoms with Crippen LogP contribution in [0.2, 0.25) is 5.28 Å². The van der Waals surface area contributed by atoms with Crippen LogP contribution in [0.3, 0.4) is 0 Å². The summed E-state index contributed by atoms with van der Waals surface area (Å²) in [7, 11) is 0. The molecule has 3 nitrogen and oxygen atoms in total. The van der Waals surface area contributed by atoms with Crippen molar-refractivity contribution in [1.82, 2.24) is 15.0 Å². The number of aromatic nitrogens is 3. The first-order chi connectivity index (χ1) is 10.8. The fraction of sp³-hybridized carbons (Fsp3) is 0.412. The van der Waals surface area contributed by atoms with E-state index in [0.29, 0.717) is 27.6 Å². The summed E-state index contributed by atoms with van der Waals surface area (Å²) in [6, 6.07) is 1.79. The second-order valence-corrected chi connectivity index (χ2v) is 7.91. The molecule has 0 radical (unpaired) electrons. The van der Waals surface area contributed by atoms with Gasteiger partial charge in [0.05, 0.1) is 16.8 Å². The van der Waals surface area contributed by atoms with Crippen molar-refractivity contribution in [3.05, 3.63) is 33.3 Å². The van der Waals surface area contributed by atoms with Crippen molar-refractivity contribution >= 4 is 34.0 Å². The Bertz CT molecular complexity index is 880. The summed E-state index contributed by atoms with van der Waals surface area (Å²) in [4.78, 5) is 13.1. The van der Waals surface area contributed by atoms with Gasteiger partial charge in [0.15, 0.2) is 0 Å². The van der Waals surface area contributed by atoms with Crippen LogP contribution in [-0.4, -0.2) is 15.0 Å². The molecule has 2 aromatic heterocycles. The van der Waals surface area contributed by atoms with Crippen LogP contribution < -0.4 is 0 Å². The third-order valence-electron chi connectivity index (χ3n) is 3.93. The molecule has 0 bridgehead atoms. The van der Waals surface area contributed by atoms with Crippen LogP contribution >= 0.6 is 22.9 Å². The van der Waals surface area contributed by atoms with E-state index in [1.165, 1.54) is 11.3 Å². The van der Waals surface area contributed by atoms with Gasteiger partial charge in [0, 0.05) is 4.88 Å². The van der Waals surface area contributed by atoms with Gasteiger partial charge in [0.2, 0.25) is 5.28 Å². The summed E-state index contributed by atoms with van der Waals surface area (Å²) in [5.41, 5.74) is 3.39. The monoisotopic (exact) mass is 351 g/mol. The molecule has 23 heavy (non-hydrogen) atoms. The number of fused-ring (bicyclic) bond motifs is 1. The maximum absolute atomic E-state index is 15.2. The summed E-state index contributed by atoms with van der Waals surface area (Å²) < 4.78 is 15.2. The highest BCUT2D eigenvalue weighted by Gasteiger charge is 2.23. The Morgan fingerprint density at radius 1 is 1.17 bits per heavy atom. The molecule has 0 unspecified atom stereocenters. The molecule has 1 aromatic carbocycles. The molecular weight excluding hydrogens is 333 g/mol. The maximum Gasteiger partial charge on any atom is 0.201 e. The van der Waals surface area contributed by atoms with Crippen molar-refractivity contribution in [2.45, 2.75) is 46.5 Å². The molecule has 3 rings (SSSR count). The van der Waals surface area contributed by atoms with E-state index in [4.69, 9.17) is 11.6 Å². The van der Waals surface area contributed by atoms with E-state index in [2.05, 4.69) is 28.8 Å². The lowest BCUT2D eigenvalue weighted by Crippen LogP contribution is -1.98. The van der Waals surface area contributed by atoms with Gasteiger partial charge >= 0.3 is 0 Å².